The number of carboxylic acids is 1. The lowest BCUT2D eigenvalue weighted by atomic mass is 10.4. The quantitative estimate of drug-likeness (QED) is 0.760. The summed E-state index contributed by atoms with van der Waals surface area (Å²) in [5.41, 5.74) is -0.0617. The van der Waals surface area contributed by atoms with Crippen LogP contribution < -0.4 is 4.90 Å². The summed E-state index contributed by atoms with van der Waals surface area (Å²) in [6.07, 6.45) is 7.78. The van der Waals surface area contributed by atoms with E-state index < -0.39 is 5.97 Å². The van der Waals surface area contributed by atoms with E-state index in [2.05, 4.69) is 15.0 Å². The SMILES string of the molecule is O=C(O)c1cnc(N2C=CN=CC2)cn1. The molecule has 0 radical (unpaired) electrons. The van der Waals surface area contributed by atoms with Crippen LogP contribution >= 0.6 is 0 Å². The van der Waals surface area contributed by atoms with Crippen molar-refractivity contribution in [1.29, 1.82) is 0 Å². The maximum absolute atomic E-state index is 10.5. The molecule has 0 atom stereocenters. The molecule has 1 N–H and O–H groups in total. The molecule has 6 nitrogen and oxygen atoms in total. The van der Waals surface area contributed by atoms with Gasteiger partial charge in [0.2, 0.25) is 0 Å². The Hall–Kier alpha value is -2.24. The van der Waals surface area contributed by atoms with Crippen molar-refractivity contribution in [1.82, 2.24) is 9.97 Å². The molecule has 0 fully saturated rings. The van der Waals surface area contributed by atoms with Gasteiger partial charge in [-0.25, -0.2) is 14.8 Å². The number of aliphatic imine (C=N–C) groups is 1. The third-order valence-corrected chi connectivity index (χ3v) is 1.87. The highest BCUT2D eigenvalue weighted by Crippen LogP contribution is 2.10. The fourth-order valence-electron chi connectivity index (χ4n) is 1.13. The number of aromatic nitrogens is 2. The Morgan fingerprint density at radius 3 is 2.80 bits per heavy atom. The largest absolute Gasteiger partial charge is 0.476 e. The minimum Gasteiger partial charge on any atom is -0.476 e. The highest BCUT2D eigenvalue weighted by atomic mass is 16.4. The number of anilines is 1. The van der Waals surface area contributed by atoms with Gasteiger partial charge in [0.1, 0.15) is 0 Å². The van der Waals surface area contributed by atoms with E-state index in [1.807, 2.05) is 4.90 Å². The van der Waals surface area contributed by atoms with Crippen LogP contribution in [0.1, 0.15) is 10.5 Å². The van der Waals surface area contributed by atoms with Crippen molar-refractivity contribution in [3.05, 3.63) is 30.5 Å². The van der Waals surface area contributed by atoms with E-state index in [4.69, 9.17) is 5.11 Å². The fourth-order valence-corrected chi connectivity index (χ4v) is 1.13. The van der Waals surface area contributed by atoms with Crippen molar-refractivity contribution in [2.75, 3.05) is 11.4 Å². The number of aromatic carboxylic acids is 1. The van der Waals surface area contributed by atoms with Crippen molar-refractivity contribution < 1.29 is 9.90 Å². The van der Waals surface area contributed by atoms with Crippen LogP contribution in [0.25, 0.3) is 0 Å². The number of hydrogen-bond donors (Lipinski definition) is 1. The summed E-state index contributed by atoms with van der Waals surface area (Å²) >= 11 is 0. The van der Waals surface area contributed by atoms with Gasteiger partial charge >= 0.3 is 5.97 Å². The van der Waals surface area contributed by atoms with E-state index in [1.165, 1.54) is 12.4 Å². The van der Waals surface area contributed by atoms with E-state index in [9.17, 15) is 4.79 Å². The summed E-state index contributed by atoms with van der Waals surface area (Å²) in [5, 5.41) is 8.63. The van der Waals surface area contributed by atoms with Crippen molar-refractivity contribution in [2.45, 2.75) is 0 Å². The summed E-state index contributed by atoms with van der Waals surface area (Å²) in [7, 11) is 0. The standard InChI is InChI=1S/C9H8N4O2/c14-9(15)7-5-12-8(6-11-7)13-3-1-10-2-4-13/h1-3,5-6H,4H2,(H,14,15). The van der Waals surface area contributed by atoms with Crippen LogP contribution in [0.2, 0.25) is 0 Å². The second-order valence-electron chi connectivity index (χ2n) is 2.85. The maximum atomic E-state index is 10.5. The van der Waals surface area contributed by atoms with Gasteiger partial charge in [-0.2, -0.15) is 0 Å². The highest BCUT2D eigenvalue weighted by Gasteiger charge is 2.08. The number of rotatable bonds is 2. The molecule has 1 aliphatic heterocycles. The van der Waals surface area contributed by atoms with Crippen LogP contribution in [0.5, 0.6) is 0 Å². The summed E-state index contributed by atoms with van der Waals surface area (Å²) in [6.45, 7) is 0.609. The van der Waals surface area contributed by atoms with Gasteiger partial charge in [0.05, 0.1) is 18.9 Å². The molecular weight excluding hydrogens is 196 g/mol. The Kier molecular flexibility index (Phi) is 2.40. The molecule has 0 amide bonds. The monoisotopic (exact) mass is 204 g/mol. The first-order chi connectivity index (χ1) is 7.27. The van der Waals surface area contributed by atoms with Gasteiger partial charge in [-0.1, -0.05) is 0 Å². The topological polar surface area (TPSA) is 78.7 Å². The molecule has 0 saturated carbocycles. The first-order valence-electron chi connectivity index (χ1n) is 4.27. The van der Waals surface area contributed by atoms with Crippen LogP contribution in [0.3, 0.4) is 0 Å². The first kappa shape index (κ1) is 9.32. The van der Waals surface area contributed by atoms with E-state index in [1.54, 1.807) is 18.6 Å². The number of nitrogens with zero attached hydrogens (tertiary/aromatic N) is 4. The molecule has 1 aromatic rings. The highest BCUT2D eigenvalue weighted by molar-refractivity contribution is 5.85. The molecule has 76 valence electrons. The lowest BCUT2D eigenvalue weighted by Gasteiger charge is -2.17. The van der Waals surface area contributed by atoms with E-state index in [0.29, 0.717) is 12.4 Å². The fraction of sp³-hybridized carbons (Fsp3) is 0.111. The number of carboxylic acid groups (broad SMARTS) is 1. The van der Waals surface area contributed by atoms with Crippen molar-refractivity contribution in [2.24, 2.45) is 4.99 Å². The molecule has 15 heavy (non-hydrogen) atoms. The lowest BCUT2D eigenvalue weighted by Crippen LogP contribution is -2.21. The van der Waals surface area contributed by atoms with Crippen LogP contribution in [-0.2, 0) is 0 Å². The molecule has 0 bridgehead atoms. The summed E-state index contributed by atoms with van der Waals surface area (Å²) < 4.78 is 0. The van der Waals surface area contributed by atoms with Crippen molar-refractivity contribution >= 4 is 18.0 Å². The number of carbonyl (C=O) groups is 1. The second kappa shape index (κ2) is 3.87. The van der Waals surface area contributed by atoms with Gasteiger partial charge in [-0.15, -0.1) is 0 Å². The van der Waals surface area contributed by atoms with Gasteiger partial charge in [0.25, 0.3) is 0 Å². The average Bonchev–Trinajstić information content (AvgIpc) is 2.30. The first-order valence-corrected chi connectivity index (χ1v) is 4.27. The van der Waals surface area contributed by atoms with Gasteiger partial charge in [0.15, 0.2) is 11.5 Å². The summed E-state index contributed by atoms with van der Waals surface area (Å²) in [5.74, 6) is -0.479. The molecule has 1 aromatic heterocycles. The zero-order valence-corrected chi connectivity index (χ0v) is 7.74. The van der Waals surface area contributed by atoms with E-state index in [0.717, 1.165) is 0 Å². The Bertz CT molecular complexity index is 424. The van der Waals surface area contributed by atoms with Crippen LogP contribution in [0.15, 0.2) is 29.8 Å². The van der Waals surface area contributed by atoms with E-state index in [-0.39, 0.29) is 5.69 Å². The third-order valence-electron chi connectivity index (χ3n) is 1.87. The van der Waals surface area contributed by atoms with Crippen LogP contribution in [0.4, 0.5) is 5.82 Å². The molecule has 2 rings (SSSR count). The van der Waals surface area contributed by atoms with Gasteiger partial charge in [-0.05, 0) is 0 Å². The minimum atomic E-state index is -1.08. The smallest absolute Gasteiger partial charge is 0.356 e. The van der Waals surface area contributed by atoms with Crippen molar-refractivity contribution in [3.8, 4) is 0 Å². The lowest BCUT2D eigenvalue weighted by molar-refractivity contribution is 0.0690. The second-order valence-corrected chi connectivity index (χ2v) is 2.85. The zero-order valence-electron chi connectivity index (χ0n) is 7.74. The van der Waals surface area contributed by atoms with E-state index >= 15 is 0 Å². The van der Waals surface area contributed by atoms with Crippen molar-refractivity contribution in [3.63, 3.8) is 0 Å². The molecule has 0 unspecified atom stereocenters. The molecule has 0 aromatic carbocycles. The predicted octanol–water partition coefficient (Wildman–Crippen LogP) is 0.537. The van der Waals surface area contributed by atoms with Gasteiger partial charge in [-0.3, -0.25) is 4.99 Å². The molecule has 2 heterocycles. The Morgan fingerprint density at radius 1 is 1.40 bits per heavy atom. The van der Waals surface area contributed by atoms with Crippen LogP contribution in [-0.4, -0.2) is 33.8 Å². The maximum Gasteiger partial charge on any atom is 0.356 e. The number of hydrogen-bond acceptors (Lipinski definition) is 5. The predicted molar refractivity (Wildman–Crippen MR) is 54.0 cm³/mol. The average molecular weight is 204 g/mol. The Morgan fingerprint density at radius 2 is 2.27 bits per heavy atom. The summed E-state index contributed by atoms with van der Waals surface area (Å²) in [6, 6.07) is 0. The zero-order chi connectivity index (χ0) is 10.7. The minimum absolute atomic E-state index is 0.0617. The van der Waals surface area contributed by atoms with Gasteiger partial charge < -0.3 is 10.0 Å². The molecule has 0 aliphatic carbocycles. The molecule has 6 heteroatoms. The Balaban J connectivity index is 2.20. The third kappa shape index (κ3) is 1.98. The van der Waals surface area contributed by atoms with Gasteiger partial charge in [0, 0.05) is 18.6 Å². The normalized spacial score (nSPS) is 14.3. The van der Waals surface area contributed by atoms with Crippen LogP contribution in [0, 0.1) is 0 Å². The molecule has 0 saturated heterocycles. The molecule has 1 aliphatic rings. The molecule has 0 spiro atoms. The summed E-state index contributed by atoms with van der Waals surface area (Å²) in [4.78, 5) is 24.0. The molecular formula is C9H8N4O2. The Labute approximate surface area is 85.6 Å².